The first kappa shape index (κ1) is 52.1. The van der Waals surface area contributed by atoms with Crippen LogP contribution in [0, 0.1) is 12.1 Å². The first-order valence-corrected chi connectivity index (χ1v) is 25.0. The van der Waals surface area contributed by atoms with E-state index in [0.717, 1.165) is 0 Å². The van der Waals surface area contributed by atoms with Gasteiger partial charge in [0.2, 0.25) is 13.1 Å². The molecule has 0 aromatic heterocycles. The van der Waals surface area contributed by atoms with Crippen LogP contribution < -0.4 is 20.3 Å². The Labute approximate surface area is 213 Å². The fourth-order valence-corrected chi connectivity index (χ4v) is 0.354. The van der Waals surface area contributed by atoms with Gasteiger partial charge in [0.05, 0.1) is 28.2 Å². The van der Waals surface area contributed by atoms with Gasteiger partial charge in [-0.15, -0.1) is 0 Å². The molecule has 0 saturated heterocycles. The standard InChI is InChI=1S/2C4H8N2.4AsF6/c2*1-6(2)4-3-5;4*2-1(3,4,5,6)7/h2*4H2,1-2H3;;;;/q;;4*-1/p+4. The topological polar surface area (TPSA) is 56.5 Å². The van der Waals surface area contributed by atoms with Gasteiger partial charge in [-0.25, -0.2) is 0 Å². The minimum atomic E-state index is -11.1. The number of quaternary nitrogens is 2. The molecule has 4 N–H and O–H groups in total. The first-order chi connectivity index (χ1) is 15.3. The van der Waals surface area contributed by atoms with E-state index in [9.17, 15) is 83.2 Å². The molecule has 0 bridgehead atoms. The Hall–Kier alpha value is -0.546. The van der Waals surface area contributed by atoms with Crippen LogP contribution in [-0.4, -0.2) is 98.0 Å². The van der Waals surface area contributed by atoms with Gasteiger partial charge in [-0.1, -0.05) is 10.5 Å². The van der Waals surface area contributed by atoms with Gasteiger partial charge >= 0.3 is 152 Å². The average molecular weight is 928 g/mol. The fourth-order valence-electron chi connectivity index (χ4n) is 0.354. The molecular formula is C8H20As4F24N4. The Morgan fingerprint density at radius 1 is 0.350 bits per heavy atom. The molecule has 0 aliphatic carbocycles. The number of hydrogen-bond acceptors (Lipinski definition) is 0. The Morgan fingerprint density at radius 2 is 0.425 bits per heavy atom. The number of nitrogens with one attached hydrogen (secondary N) is 4. The summed E-state index contributed by atoms with van der Waals surface area (Å²) in [6, 6.07) is 4.56. The fraction of sp³-hybridized carbons (Fsp3) is 0.750. The van der Waals surface area contributed by atoms with Gasteiger partial charge in [-0.2, -0.15) is 0 Å². The number of hydrogen-bond donors (Lipinski definition) is 4. The zero-order chi connectivity index (χ0) is 35.6. The Balaban J connectivity index is -0.0000000868. The molecule has 40 heavy (non-hydrogen) atoms. The van der Waals surface area contributed by atoms with Crippen molar-refractivity contribution in [2.45, 2.75) is 0 Å². The van der Waals surface area contributed by atoms with E-state index >= 15 is 0 Å². The van der Waals surface area contributed by atoms with Crippen LogP contribution in [-0.2, 0) is 0 Å². The third-order valence-corrected chi connectivity index (χ3v) is 0.884. The second kappa shape index (κ2) is 11.2. The van der Waals surface area contributed by atoms with Crippen molar-refractivity contribution in [1.29, 1.82) is 0 Å². The quantitative estimate of drug-likeness (QED) is 0.187. The Kier molecular flexibility index (Phi) is 14.6. The van der Waals surface area contributed by atoms with Gasteiger partial charge in [0.15, 0.2) is 0 Å². The SMILES string of the molecule is C[NH+](C)CC#[NH+].C[NH+](C)CC#[NH+].F[As-](F)(F)(F)(F)F.F[As-](F)(F)(F)(F)F.F[As-](F)(F)(F)(F)F.F[As-](F)(F)(F)(F)F. The third-order valence-electron chi connectivity index (χ3n) is 0.884. The van der Waals surface area contributed by atoms with Gasteiger partial charge in [0.25, 0.3) is 0 Å². The monoisotopic (exact) mass is 928 g/mol. The Bertz CT molecular complexity index is 677. The van der Waals surface area contributed by atoms with E-state index in [2.05, 4.69) is 12.1 Å². The molecule has 0 aromatic rings. The van der Waals surface area contributed by atoms with Crippen LogP contribution in [0.2, 0.25) is 0 Å². The van der Waals surface area contributed by atoms with Crippen molar-refractivity contribution in [2.75, 3.05) is 41.3 Å². The van der Waals surface area contributed by atoms with Gasteiger partial charge < -0.3 is 9.80 Å². The molecule has 32 heteroatoms. The van der Waals surface area contributed by atoms with Crippen LogP contribution in [0.5, 0.6) is 0 Å². The molecule has 4 nitrogen and oxygen atoms in total. The molecule has 0 rings (SSSR count). The third kappa shape index (κ3) is 1670. The molecule has 0 heterocycles. The van der Waals surface area contributed by atoms with E-state index < -0.39 is 56.7 Å². The van der Waals surface area contributed by atoms with E-state index in [0.29, 0.717) is 13.1 Å². The average Bonchev–Trinajstić information content (AvgIpc) is 2.21. The predicted molar refractivity (Wildman–Crippen MR) is 94.7 cm³/mol. The van der Waals surface area contributed by atoms with Crippen LogP contribution in [0.4, 0.5) is 83.2 Å². The number of rotatable bonds is 2. The summed E-state index contributed by atoms with van der Waals surface area (Å²) in [6.45, 7) is 1.42. The van der Waals surface area contributed by atoms with Gasteiger partial charge in [-0.3, -0.25) is 0 Å². The molecule has 0 aromatic carbocycles. The van der Waals surface area contributed by atoms with Crippen molar-refractivity contribution in [2.24, 2.45) is 0 Å². The van der Waals surface area contributed by atoms with Gasteiger partial charge in [0.1, 0.15) is 0 Å². The second-order valence-electron chi connectivity index (χ2n) is 6.95. The van der Waals surface area contributed by atoms with Crippen LogP contribution >= 0.6 is 0 Å². The molecule has 0 aliphatic rings. The zero-order valence-electron chi connectivity index (χ0n) is 19.3. The van der Waals surface area contributed by atoms with E-state index in [4.69, 9.17) is 10.5 Å². The second-order valence-corrected chi connectivity index (χ2v) is 23.0. The van der Waals surface area contributed by atoms with E-state index in [-0.39, 0.29) is 0 Å². The molecule has 0 amide bonds. The van der Waals surface area contributed by atoms with Crippen molar-refractivity contribution in [3.05, 3.63) is 0 Å². The molecule has 0 radical (unpaired) electrons. The minimum absolute atomic E-state index is 0.708. The van der Waals surface area contributed by atoms with E-state index in [1.54, 1.807) is 0 Å². The summed E-state index contributed by atoms with van der Waals surface area (Å²) >= 11 is -44.2. The summed E-state index contributed by atoms with van der Waals surface area (Å²) in [7, 11) is 7.95. The molecule has 0 unspecified atom stereocenters. The van der Waals surface area contributed by atoms with Crippen molar-refractivity contribution in [3.8, 4) is 12.1 Å². The van der Waals surface area contributed by atoms with E-state index in [1.807, 2.05) is 28.2 Å². The van der Waals surface area contributed by atoms with Gasteiger partial charge in [0, 0.05) is 0 Å². The summed E-state index contributed by atoms with van der Waals surface area (Å²) in [5.41, 5.74) is 0. The predicted octanol–water partition coefficient (Wildman–Crippen LogP) is 2.37. The van der Waals surface area contributed by atoms with Crippen LogP contribution in [0.3, 0.4) is 0 Å². The van der Waals surface area contributed by atoms with Crippen molar-refractivity contribution in [1.82, 2.24) is 0 Å². The first-order valence-electron chi connectivity index (χ1n) is 7.97. The van der Waals surface area contributed by atoms with Gasteiger partial charge in [-0.05, 0) is 0 Å². The molecular weight excluding hydrogens is 908 g/mol. The maximum atomic E-state index is 9.91. The summed E-state index contributed by atoms with van der Waals surface area (Å²) < 4.78 is 238. The molecule has 0 saturated carbocycles. The molecule has 0 fully saturated rings. The van der Waals surface area contributed by atoms with Crippen molar-refractivity contribution < 1.29 is 104 Å². The van der Waals surface area contributed by atoms with E-state index in [1.165, 1.54) is 9.80 Å². The van der Waals surface area contributed by atoms with Crippen LogP contribution in [0.1, 0.15) is 0 Å². The molecule has 0 atom stereocenters. The maximum absolute atomic E-state index is 11.1. The Morgan fingerprint density at radius 3 is 0.425 bits per heavy atom. The van der Waals surface area contributed by atoms with Crippen molar-refractivity contribution in [3.63, 3.8) is 0 Å². The van der Waals surface area contributed by atoms with Crippen molar-refractivity contribution >= 4 is 56.7 Å². The molecule has 260 valence electrons. The number of halogens is 24. The summed E-state index contributed by atoms with van der Waals surface area (Å²) in [6.07, 6.45) is 0. The molecule has 0 spiro atoms. The normalized spacial score (nSPS) is 18.7. The summed E-state index contributed by atoms with van der Waals surface area (Å²) in [5.74, 6) is 0. The summed E-state index contributed by atoms with van der Waals surface area (Å²) in [5, 5.41) is 12.9. The summed E-state index contributed by atoms with van der Waals surface area (Å²) in [4.78, 5) is 2.48. The van der Waals surface area contributed by atoms with Crippen LogP contribution in [0.15, 0.2) is 0 Å². The zero-order valence-corrected chi connectivity index (χ0v) is 26.8. The molecule has 0 aliphatic heterocycles. The van der Waals surface area contributed by atoms with Crippen LogP contribution in [0.25, 0.3) is 0 Å².